The van der Waals surface area contributed by atoms with Crippen LogP contribution in [0, 0.1) is 5.92 Å². The molecule has 0 spiro atoms. The van der Waals surface area contributed by atoms with Crippen molar-refractivity contribution in [2.24, 2.45) is 10.9 Å². The molecule has 6 nitrogen and oxygen atoms in total. The molecule has 0 aromatic heterocycles. The smallest absolute Gasteiger partial charge is 0.191 e. The molecule has 1 fully saturated rings. The zero-order valence-electron chi connectivity index (χ0n) is 15.5. The van der Waals surface area contributed by atoms with Crippen molar-refractivity contribution in [1.82, 2.24) is 10.6 Å². The summed E-state index contributed by atoms with van der Waals surface area (Å²) in [5, 5.41) is 6.53. The molecule has 26 heavy (non-hydrogen) atoms. The Labute approximate surface area is 164 Å². The Morgan fingerprint density at radius 2 is 2.12 bits per heavy atom. The van der Waals surface area contributed by atoms with E-state index >= 15 is 0 Å². The molecule has 1 aliphatic rings. The first-order valence-corrected chi connectivity index (χ1v) is 10.1. The van der Waals surface area contributed by atoms with Gasteiger partial charge in [0.05, 0.1) is 19.8 Å². The number of nitrogens with one attached hydrogen (secondary N) is 2. The van der Waals surface area contributed by atoms with E-state index in [9.17, 15) is 0 Å². The van der Waals surface area contributed by atoms with Gasteiger partial charge >= 0.3 is 0 Å². The van der Waals surface area contributed by atoms with Crippen LogP contribution in [-0.2, 0) is 9.47 Å². The number of guanidine groups is 1. The molecule has 0 amide bonds. The van der Waals surface area contributed by atoms with Gasteiger partial charge in [-0.15, -0.1) is 0 Å². The highest BCUT2D eigenvalue weighted by Gasteiger charge is 2.15. The minimum atomic E-state index is 0.572. The molecule has 0 radical (unpaired) electrons. The van der Waals surface area contributed by atoms with Crippen LogP contribution in [-0.4, -0.2) is 58.6 Å². The van der Waals surface area contributed by atoms with E-state index in [0.29, 0.717) is 19.1 Å². The third-order valence-corrected chi connectivity index (χ3v) is 4.44. The van der Waals surface area contributed by atoms with E-state index in [0.717, 1.165) is 68.5 Å². The van der Waals surface area contributed by atoms with Crippen molar-refractivity contribution in [2.75, 3.05) is 52.7 Å². The maximum Gasteiger partial charge on any atom is 0.191 e. The largest absolute Gasteiger partial charge is 0.492 e. The summed E-state index contributed by atoms with van der Waals surface area (Å²) >= 11 is 3.41. The van der Waals surface area contributed by atoms with E-state index in [4.69, 9.17) is 14.2 Å². The molecule has 1 saturated heterocycles. The molecule has 2 N–H and O–H groups in total. The fourth-order valence-electron chi connectivity index (χ4n) is 2.53. The lowest BCUT2D eigenvalue weighted by molar-refractivity contribution is 0.0893. The number of halogens is 1. The first-order chi connectivity index (χ1) is 12.8. The molecule has 2 rings (SSSR count). The predicted molar refractivity (Wildman–Crippen MR) is 108 cm³/mol. The SMILES string of the molecule is CCNC(=NCCCOCC1CCOC1)NCCOc1ccc(Br)cc1. The number of aliphatic imine (C=N–C) groups is 1. The van der Waals surface area contributed by atoms with Crippen molar-refractivity contribution < 1.29 is 14.2 Å². The molecule has 1 aromatic rings. The number of benzene rings is 1. The van der Waals surface area contributed by atoms with Crippen molar-refractivity contribution in [3.63, 3.8) is 0 Å². The number of hydrogen-bond donors (Lipinski definition) is 2. The maximum absolute atomic E-state index is 5.70. The Morgan fingerprint density at radius 3 is 2.85 bits per heavy atom. The standard InChI is InChI=1S/C19H30BrN3O3/c1-2-21-19(22-9-3-11-24-14-16-8-12-25-15-16)23-10-13-26-18-6-4-17(20)5-7-18/h4-7,16H,2-3,8-15H2,1H3,(H2,21,22,23). The molecule has 0 saturated carbocycles. The van der Waals surface area contributed by atoms with Crippen molar-refractivity contribution >= 4 is 21.9 Å². The number of ether oxygens (including phenoxy) is 3. The lowest BCUT2D eigenvalue weighted by Crippen LogP contribution is -2.39. The lowest BCUT2D eigenvalue weighted by Gasteiger charge is -2.12. The predicted octanol–water partition coefficient (Wildman–Crippen LogP) is 2.83. The molecule has 1 aliphatic heterocycles. The third kappa shape index (κ3) is 8.87. The Kier molecular flexibility index (Phi) is 10.5. The van der Waals surface area contributed by atoms with Gasteiger partial charge in [-0.2, -0.15) is 0 Å². The van der Waals surface area contributed by atoms with Crippen molar-refractivity contribution in [1.29, 1.82) is 0 Å². The number of hydrogen-bond acceptors (Lipinski definition) is 4. The normalized spacial score (nSPS) is 17.3. The van der Waals surface area contributed by atoms with Gasteiger partial charge in [0.15, 0.2) is 5.96 Å². The van der Waals surface area contributed by atoms with E-state index in [-0.39, 0.29) is 0 Å². The van der Waals surface area contributed by atoms with Crippen molar-refractivity contribution in [3.05, 3.63) is 28.7 Å². The average molecular weight is 428 g/mol. The minimum Gasteiger partial charge on any atom is -0.492 e. The second kappa shape index (κ2) is 12.9. The third-order valence-electron chi connectivity index (χ3n) is 3.92. The highest BCUT2D eigenvalue weighted by atomic mass is 79.9. The molecule has 146 valence electrons. The fraction of sp³-hybridized carbons (Fsp3) is 0.632. The number of nitrogens with zero attached hydrogens (tertiary/aromatic N) is 1. The summed E-state index contributed by atoms with van der Waals surface area (Å²) in [6.07, 6.45) is 2.04. The zero-order valence-corrected chi connectivity index (χ0v) is 17.1. The van der Waals surface area contributed by atoms with Crippen molar-refractivity contribution in [2.45, 2.75) is 19.8 Å². The van der Waals surface area contributed by atoms with Gasteiger partial charge in [-0.05, 0) is 44.0 Å². The monoisotopic (exact) mass is 427 g/mol. The summed E-state index contributed by atoms with van der Waals surface area (Å²) in [6.45, 7) is 8.17. The van der Waals surface area contributed by atoms with E-state index in [1.165, 1.54) is 0 Å². The van der Waals surface area contributed by atoms with Crippen LogP contribution in [0.25, 0.3) is 0 Å². The van der Waals surface area contributed by atoms with Gasteiger partial charge in [-0.3, -0.25) is 4.99 Å². The van der Waals surface area contributed by atoms with Crippen LogP contribution in [0.2, 0.25) is 0 Å². The molecule has 7 heteroatoms. The molecule has 0 aliphatic carbocycles. The minimum absolute atomic E-state index is 0.572. The van der Waals surface area contributed by atoms with Gasteiger partial charge in [0.2, 0.25) is 0 Å². The quantitative estimate of drug-likeness (QED) is 0.323. The maximum atomic E-state index is 5.70. The van der Waals surface area contributed by atoms with E-state index < -0.39 is 0 Å². The Bertz CT molecular complexity index is 519. The van der Waals surface area contributed by atoms with Gasteiger partial charge in [0.25, 0.3) is 0 Å². The van der Waals surface area contributed by atoms with Crippen LogP contribution >= 0.6 is 15.9 Å². The molecule has 0 bridgehead atoms. The number of rotatable bonds is 11. The van der Waals surface area contributed by atoms with Crippen molar-refractivity contribution in [3.8, 4) is 5.75 Å². The van der Waals surface area contributed by atoms with Crippen LogP contribution in [0.1, 0.15) is 19.8 Å². The first kappa shape index (κ1) is 21.0. The summed E-state index contributed by atoms with van der Waals surface area (Å²) in [6, 6.07) is 7.83. The van der Waals surface area contributed by atoms with E-state index in [2.05, 4.69) is 38.5 Å². The molecule has 1 unspecified atom stereocenters. The summed E-state index contributed by atoms with van der Waals surface area (Å²) in [7, 11) is 0. The highest BCUT2D eigenvalue weighted by molar-refractivity contribution is 9.10. The van der Waals surface area contributed by atoms with Crippen LogP contribution in [0.5, 0.6) is 5.75 Å². The molecular weight excluding hydrogens is 398 g/mol. The van der Waals surface area contributed by atoms with Gasteiger partial charge in [0, 0.05) is 36.7 Å². The second-order valence-electron chi connectivity index (χ2n) is 6.15. The van der Waals surface area contributed by atoms with Crippen LogP contribution < -0.4 is 15.4 Å². The van der Waals surface area contributed by atoms with Crippen LogP contribution in [0.3, 0.4) is 0 Å². The topological polar surface area (TPSA) is 64.1 Å². The average Bonchev–Trinajstić information content (AvgIpc) is 3.16. The molecule has 1 atom stereocenters. The van der Waals surface area contributed by atoms with E-state index in [1.807, 2.05) is 24.3 Å². The zero-order chi connectivity index (χ0) is 18.5. The second-order valence-corrected chi connectivity index (χ2v) is 7.06. The molecule has 1 heterocycles. The van der Waals surface area contributed by atoms with Gasteiger partial charge < -0.3 is 24.8 Å². The summed E-state index contributed by atoms with van der Waals surface area (Å²) in [5.41, 5.74) is 0. The van der Waals surface area contributed by atoms with Crippen LogP contribution in [0.15, 0.2) is 33.7 Å². The van der Waals surface area contributed by atoms with Crippen LogP contribution in [0.4, 0.5) is 0 Å². The Hall–Kier alpha value is -1.31. The van der Waals surface area contributed by atoms with E-state index in [1.54, 1.807) is 0 Å². The Balaban J connectivity index is 1.55. The Morgan fingerprint density at radius 1 is 1.27 bits per heavy atom. The highest BCUT2D eigenvalue weighted by Crippen LogP contribution is 2.15. The fourth-order valence-corrected chi connectivity index (χ4v) is 2.80. The summed E-state index contributed by atoms with van der Waals surface area (Å²) < 4.78 is 17.8. The lowest BCUT2D eigenvalue weighted by atomic mass is 10.1. The summed E-state index contributed by atoms with van der Waals surface area (Å²) in [5.74, 6) is 2.25. The molecular formula is C19H30BrN3O3. The first-order valence-electron chi connectivity index (χ1n) is 9.34. The van der Waals surface area contributed by atoms with Gasteiger partial charge in [-0.25, -0.2) is 0 Å². The van der Waals surface area contributed by atoms with Gasteiger partial charge in [-0.1, -0.05) is 15.9 Å². The van der Waals surface area contributed by atoms with Gasteiger partial charge in [0.1, 0.15) is 12.4 Å². The molecule has 1 aromatic carbocycles. The summed E-state index contributed by atoms with van der Waals surface area (Å²) in [4.78, 5) is 4.57.